The summed E-state index contributed by atoms with van der Waals surface area (Å²) in [7, 11) is 0.0527. The molecule has 7 heteroatoms. The van der Waals surface area contributed by atoms with Crippen molar-refractivity contribution in [3.8, 4) is 0 Å². The van der Waals surface area contributed by atoms with Crippen LogP contribution >= 0.6 is 0 Å². The normalized spacial score (nSPS) is 11.4. The van der Waals surface area contributed by atoms with Crippen LogP contribution in [-0.4, -0.2) is 46.4 Å². The Balaban J connectivity index is 2.18. The van der Waals surface area contributed by atoms with Crippen LogP contribution in [0.3, 0.4) is 0 Å². The molecular formula is C19H25N3O3S. The maximum Gasteiger partial charge on any atom is 0.261 e. The Morgan fingerprint density at radius 2 is 1.81 bits per heavy atom. The van der Waals surface area contributed by atoms with Crippen LogP contribution < -0.4 is 10.0 Å². The van der Waals surface area contributed by atoms with Gasteiger partial charge >= 0.3 is 0 Å². The Labute approximate surface area is 155 Å². The number of carbonyl (C=O) groups excluding carboxylic acids is 1. The molecule has 0 heterocycles. The highest BCUT2D eigenvalue weighted by Crippen LogP contribution is 2.21. The first-order valence-electron chi connectivity index (χ1n) is 8.32. The van der Waals surface area contributed by atoms with Gasteiger partial charge in [0.15, 0.2) is 0 Å². The molecule has 26 heavy (non-hydrogen) atoms. The zero-order chi connectivity index (χ0) is 19.3. The highest BCUT2D eigenvalue weighted by atomic mass is 32.2. The summed E-state index contributed by atoms with van der Waals surface area (Å²) in [5.41, 5.74) is 2.73. The predicted molar refractivity (Wildman–Crippen MR) is 104 cm³/mol. The van der Waals surface area contributed by atoms with Crippen molar-refractivity contribution in [1.82, 2.24) is 10.2 Å². The molecule has 0 unspecified atom stereocenters. The van der Waals surface area contributed by atoms with Crippen molar-refractivity contribution in [3.63, 3.8) is 0 Å². The molecule has 0 saturated carbocycles. The number of nitrogens with zero attached hydrogens (tertiary/aromatic N) is 1. The Morgan fingerprint density at radius 3 is 2.46 bits per heavy atom. The SMILES string of the molecule is Cc1ccc(NS(=O)(=O)c2cccc(C(=O)NCCN(C)C)c2)c(C)c1. The number of anilines is 1. The lowest BCUT2D eigenvalue weighted by atomic mass is 10.1. The van der Waals surface area contributed by atoms with Crippen molar-refractivity contribution >= 4 is 21.6 Å². The van der Waals surface area contributed by atoms with E-state index in [2.05, 4.69) is 10.0 Å². The van der Waals surface area contributed by atoms with E-state index in [1.54, 1.807) is 18.2 Å². The summed E-state index contributed by atoms with van der Waals surface area (Å²) in [6, 6.07) is 11.5. The zero-order valence-corrected chi connectivity index (χ0v) is 16.4. The molecule has 0 aliphatic carbocycles. The molecule has 0 spiro atoms. The number of sulfonamides is 1. The van der Waals surface area contributed by atoms with Crippen molar-refractivity contribution in [2.24, 2.45) is 0 Å². The summed E-state index contributed by atoms with van der Waals surface area (Å²) >= 11 is 0. The smallest absolute Gasteiger partial charge is 0.261 e. The minimum Gasteiger partial charge on any atom is -0.351 e. The first-order valence-corrected chi connectivity index (χ1v) is 9.80. The lowest BCUT2D eigenvalue weighted by Crippen LogP contribution is -2.31. The van der Waals surface area contributed by atoms with Crippen LogP contribution in [0.5, 0.6) is 0 Å². The van der Waals surface area contributed by atoms with Gasteiger partial charge in [0.1, 0.15) is 0 Å². The van der Waals surface area contributed by atoms with Crippen LogP contribution in [0.1, 0.15) is 21.5 Å². The van der Waals surface area contributed by atoms with Gasteiger partial charge in [-0.3, -0.25) is 9.52 Å². The van der Waals surface area contributed by atoms with Crippen LogP contribution in [0.4, 0.5) is 5.69 Å². The molecule has 0 saturated heterocycles. The van der Waals surface area contributed by atoms with Gasteiger partial charge in [0, 0.05) is 18.7 Å². The molecule has 0 fully saturated rings. The first kappa shape index (κ1) is 19.9. The van der Waals surface area contributed by atoms with Crippen LogP contribution in [0.15, 0.2) is 47.4 Å². The maximum atomic E-state index is 12.7. The van der Waals surface area contributed by atoms with Crippen LogP contribution in [0, 0.1) is 13.8 Å². The standard InChI is InChI=1S/C19H25N3O3S/c1-14-8-9-18(15(2)12-14)21-26(24,25)17-7-5-6-16(13-17)19(23)20-10-11-22(3)4/h5-9,12-13,21H,10-11H2,1-4H3,(H,20,23). The van der Waals surface area contributed by atoms with E-state index >= 15 is 0 Å². The molecule has 2 aromatic rings. The maximum absolute atomic E-state index is 12.7. The average molecular weight is 375 g/mol. The van der Waals surface area contributed by atoms with Gasteiger partial charge < -0.3 is 10.2 Å². The Bertz CT molecular complexity index is 893. The fourth-order valence-electron chi connectivity index (χ4n) is 2.43. The van der Waals surface area contributed by atoms with Crippen LogP contribution in [-0.2, 0) is 10.0 Å². The summed E-state index contributed by atoms with van der Waals surface area (Å²) in [5.74, 6) is -0.296. The Hall–Kier alpha value is -2.38. The van der Waals surface area contributed by atoms with Gasteiger partial charge in [-0.1, -0.05) is 23.8 Å². The minimum atomic E-state index is -3.78. The summed E-state index contributed by atoms with van der Waals surface area (Å²) in [4.78, 5) is 14.2. The molecule has 2 rings (SSSR count). The van der Waals surface area contributed by atoms with Gasteiger partial charge in [-0.25, -0.2) is 8.42 Å². The number of likely N-dealkylation sites (N-methyl/N-ethyl adjacent to an activating group) is 1. The molecule has 1 amide bonds. The van der Waals surface area contributed by atoms with E-state index in [9.17, 15) is 13.2 Å². The third kappa shape index (κ3) is 5.31. The van der Waals surface area contributed by atoms with E-state index in [0.717, 1.165) is 11.1 Å². The predicted octanol–water partition coefficient (Wildman–Crippen LogP) is 2.40. The summed E-state index contributed by atoms with van der Waals surface area (Å²) in [5, 5.41) is 2.78. The van der Waals surface area contributed by atoms with Crippen molar-refractivity contribution in [3.05, 3.63) is 59.2 Å². The molecule has 2 N–H and O–H groups in total. The lowest BCUT2D eigenvalue weighted by molar-refractivity contribution is 0.0951. The number of hydrogen-bond donors (Lipinski definition) is 2. The van der Waals surface area contributed by atoms with Crippen molar-refractivity contribution in [2.45, 2.75) is 18.7 Å². The van der Waals surface area contributed by atoms with Gasteiger partial charge in [-0.05, 0) is 57.8 Å². The summed E-state index contributed by atoms with van der Waals surface area (Å²) < 4.78 is 27.9. The van der Waals surface area contributed by atoms with Crippen LogP contribution in [0.25, 0.3) is 0 Å². The van der Waals surface area contributed by atoms with E-state index in [0.29, 0.717) is 24.3 Å². The Morgan fingerprint density at radius 1 is 1.08 bits per heavy atom. The molecule has 0 aliphatic heterocycles. The molecule has 140 valence electrons. The van der Waals surface area contributed by atoms with Gasteiger partial charge in [0.25, 0.3) is 15.9 Å². The summed E-state index contributed by atoms with van der Waals surface area (Å²) in [6.07, 6.45) is 0. The largest absolute Gasteiger partial charge is 0.351 e. The van der Waals surface area contributed by atoms with Crippen molar-refractivity contribution in [2.75, 3.05) is 31.9 Å². The lowest BCUT2D eigenvalue weighted by Gasteiger charge is -2.13. The fourth-order valence-corrected chi connectivity index (χ4v) is 3.61. The van der Waals surface area contributed by atoms with E-state index < -0.39 is 10.0 Å². The zero-order valence-electron chi connectivity index (χ0n) is 15.5. The van der Waals surface area contributed by atoms with Crippen LogP contribution in [0.2, 0.25) is 0 Å². The highest BCUT2D eigenvalue weighted by Gasteiger charge is 2.17. The number of nitrogens with one attached hydrogen (secondary N) is 2. The molecule has 0 atom stereocenters. The highest BCUT2D eigenvalue weighted by molar-refractivity contribution is 7.92. The number of aryl methyl sites for hydroxylation is 2. The first-order chi connectivity index (χ1) is 12.2. The molecule has 0 bridgehead atoms. The van der Waals surface area contributed by atoms with Crippen molar-refractivity contribution in [1.29, 1.82) is 0 Å². The fraction of sp³-hybridized carbons (Fsp3) is 0.316. The number of amides is 1. The summed E-state index contributed by atoms with van der Waals surface area (Å²) in [6.45, 7) is 4.99. The molecule has 0 aliphatic rings. The molecule has 0 aromatic heterocycles. The van der Waals surface area contributed by atoms with Gasteiger partial charge in [-0.2, -0.15) is 0 Å². The third-order valence-electron chi connectivity index (χ3n) is 3.88. The average Bonchev–Trinajstić information content (AvgIpc) is 2.57. The van der Waals surface area contributed by atoms with E-state index in [1.165, 1.54) is 12.1 Å². The topological polar surface area (TPSA) is 78.5 Å². The van der Waals surface area contributed by atoms with E-state index in [-0.39, 0.29) is 10.8 Å². The van der Waals surface area contributed by atoms with Gasteiger partial charge in [-0.15, -0.1) is 0 Å². The number of carbonyl (C=O) groups is 1. The minimum absolute atomic E-state index is 0.0535. The monoisotopic (exact) mass is 375 g/mol. The van der Waals surface area contributed by atoms with Crippen molar-refractivity contribution < 1.29 is 13.2 Å². The second kappa shape index (κ2) is 8.33. The Kier molecular flexibility index (Phi) is 6.39. The molecule has 0 radical (unpaired) electrons. The number of hydrogen-bond acceptors (Lipinski definition) is 4. The van der Waals surface area contributed by atoms with E-state index in [4.69, 9.17) is 0 Å². The van der Waals surface area contributed by atoms with Gasteiger partial charge in [0.2, 0.25) is 0 Å². The second-order valence-electron chi connectivity index (χ2n) is 6.51. The molecule has 6 nitrogen and oxygen atoms in total. The van der Waals surface area contributed by atoms with E-state index in [1.807, 2.05) is 45.0 Å². The molecule has 2 aromatic carbocycles. The van der Waals surface area contributed by atoms with Gasteiger partial charge in [0.05, 0.1) is 10.6 Å². The number of rotatable bonds is 7. The third-order valence-corrected chi connectivity index (χ3v) is 5.24. The number of benzene rings is 2. The quantitative estimate of drug-likeness (QED) is 0.779. The molecular weight excluding hydrogens is 350 g/mol. The second-order valence-corrected chi connectivity index (χ2v) is 8.19.